The molecule has 0 fully saturated rings. The molecule has 0 bridgehead atoms. The van der Waals surface area contributed by atoms with Crippen LogP contribution in [-0.2, 0) is 16.0 Å². The zero-order valence-corrected chi connectivity index (χ0v) is 11.8. The van der Waals surface area contributed by atoms with Crippen LogP contribution < -0.4 is 5.32 Å². The summed E-state index contributed by atoms with van der Waals surface area (Å²) in [6, 6.07) is 13.5. The van der Waals surface area contributed by atoms with Crippen molar-refractivity contribution in [3.05, 3.63) is 48.0 Å². The second-order valence-electron chi connectivity index (χ2n) is 4.88. The largest absolute Gasteiger partial charge is 0.411 e. The van der Waals surface area contributed by atoms with Crippen LogP contribution in [0.25, 0.3) is 10.8 Å². The number of ether oxygens (including phenoxy) is 1. The maximum atomic E-state index is 11.8. The average Bonchev–Trinajstić information content (AvgIpc) is 2.45. The average molecular weight is 311 g/mol. The summed E-state index contributed by atoms with van der Waals surface area (Å²) in [6.45, 7) is -1.40. The van der Waals surface area contributed by atoms with Gasteiger partial charge in [0.25, 0.3) is 0 Å². The zero-order chi connectivity index (χ0) is 16.0. The maximum absolute atomic E-state index is 11.8. The van der Waals surface area contributed by atoms with Crippen molar-refractivity contribution in [1.82, 2.24) is 5.32 Å². The van der Waals surface area contributed by atoms with E-state index in [1.54, 1.807) is 0 Å². The van der Waals surface area contributed by atoms with Crippen molar-refractivity contribution in [1.29, 1.82) is 0 Å². The lowest BCUT2D eigenvalue weighted by molar-refractivity contribution is -0.173. The summed E-state index contributed by atoms with van der Waals surface area (Å²) in [6.07, 6.45) is -4.15. The number of carbonyl (C=O) groups excluding carboxylic acids is 1. The van der Waals surface area contributed by atoms with E-state index in [0.717, 1.165) is 16.3 Å². The van der Waals surface area contributed by atoms with Crippen LogP contribution in [0.1, 0.15) is 5.56 Å². The van der Waals surface area contributed by atoms with Gasteiger partial charge in [-0.05, 0) is 16.3 Å². The molecule has 0 unspecified atom stereocenters. The summed E-state index contributed by atoms with van der Waals surface area (Å²) in [5.41, 5.74) is 0.854. The number of hydrogen-bond acceptors (Lipinski definition) is 2. The summed E-state index contributed by atoms with van der Waals surface area (Å²) in [5.74, 6) is -0.245. The first-order valence-corrected chi connectivity index (χ1v) is 6.83. The van der Waals surface area contributed by atoms with Gasteiger partial charge in [0.15, 0.2) is 0 Å². The predicted octanol–water partition coefficient (Wildman–Crippen LogP) is 3.08. The fourth-order valence-corrected chi connectivity index (χ4v) is 2.05. The Balaban J connectivity index is 1.76. The van der Waals surface area contributed by atoms with E-state index < -0.39 is 12.8 Å². The lowest BCUT2D eigenvalue weighted by atomic mass is 10.1. The molecule has 2 aromatic carbocycles. The number of nitrogens with one attached hydrogen (secondary N) is 1. The van der Waals surface area contributed by atoms with Gasteiger partial charge >= 0.3 is 6.18 Å². The van der Waals surface area contributed by atoms with Crippen molar-refractivity contribution in [2.75, 3.05) is 19.8 Å². The van der Waals surface area contributed by atoms with Crippen molar-refractivity contribution in [2.24, 2.45) is 0 Å². The molecule has 1 amide bonds. The molecule has 22 heavy (non-hydrogen) atoms. The third-order valence-electron chi connectivity index (χ3n) is 3.01. The molecular formula is C16H16F3NO2. The van der Waals surface area contributed by atoms with Gasteiger partial charge in [0, 0.05) is 6.54 Å². The topological polar surface area (TPSA) is 38.3 Å². The molecule has 0 spiro atoms. The van der Waals surface area contributed by atoms with Crippen LogP contribution in [0.5, 0.6) is 0 Å². The highest BCUT2D eigenvalue weighted by Gasteiger charge is 2.27. The second kappa shape index (κ2) is 7.26. The Morgan fingerprint density at radius 1 is 1.09 bits per heavy atom. The Hall–Kier alpha value is -2.08. The van der Waals surface area contributed by atoms with Gasteiger partial charge in [-0.1, -0.05) is 42.5 Å². The van der Waals surface area contributed by atoms with Crippen molar-refractivity contribution in [3.8, 4) is 0 Å². The first-order valence-electron chi connectivity index (χ1n) is 6.83. The number of fused-ring (bicyclic) bond motifs is 1. The van der Waals surface area contributed by atoms with Gasteiger partial charge in [-0.2, -0.15) is 13.2 Å². The van der Waals surface area contributed by atoms with Gasteiger partial charge < -0.3 is 10.1 Å². The van der Waals surface area contributed by atoms with Crippen LogP contribution in [0.4, 0.5) is 13.2 Å². The van der Waals surface area contributed by atoms with Crippen molar-refractivity contribution >= 4 is 16.7 Å². The third kappa shape index (κ3) is 5.37. The standard InChI is InChI=1S/C16H16F3NO2/c17-16(18,19)11-22-8-7-20-15(21)10-12-5-6-13-3-1-2-4-14(13)9-12/h1-6,9H,7-8,10-11H2,(H,20,21). The molecule has 0 aliphatic carbocycles. The molecule has 2 aromatic rings. The van der Waals surface area contributed by atoms with Gasteiger partial charge in [0.05, 0.1) is 13.0 Å². The van der Waals surface area contributed by atoms with E-state index in [-0.39, 0.29) is 25.5 Å². The van der Waals surface area contributed by atoms with Gasteiger partial charge in [0.1, 0.15) is 6.61 Å². The number of amides is 1. The molecule has 0 atom stereocenters. The van der Waals surface area contributed by atoms with E-state index in [9.17, 15) is 18.0 Å². The van der Waals surface area contributed by atoms with Gasteiger partial charge in [-0.25, -0.2) is 0 Å². The molecule has 0 heterocycles. The molecule has 118 valence electrons. The van der Waals surface area contributed by atoms with Gasteiger partial charge in [-0.3, -0.25) is 4.79 Å². The Kier molecular flexibility index (Phi) is 5.38. The van der Waals surface area contributed by atoms with E-state index in [0.29, 0.717) is 0 Å². The Morgan fingerprint density at radius 3 is 2.55 bits per heavy atom. The molecule has 0 aliphatic rings. The zero-order valence-electron chi connectivity index (χ0n) is 11.8. The van der Waals surface area contributed by atoms with Crippen LogP contribution in [0.3, 0.4) is 0 Å². The summed E-state index contributed by atoms with van der Waals surface area (Å²) in [5, 5.41) is 4.67. The SMILES string of the molecule is O=C(Cc1ccc2ccccc2c1)NCCOCC(F)(F)F. The molecule has 2 rings (SSSR count). The minimum absolute atomic E-state index is 0.0580. The minimum Gasteiger partial charge on any atom is -0.370 e. The van der Waals surface area contributed by atoms with Crippen LogP contribution in [0, 0.1) is 0 Å². The smallest absolute Gasteiger partial charge is 0.370 e. The molecule has 1 N–H and O–H groups in total. The number of rotatable bonds is 6. The monoisotopic (exact) mass is 311 g/mol. The summed E-state index contributed by atoms with van der Waals surface area (Å²) in [7, 11) is 0. The summed E-state index contributed by atoms with van der Waals surface area (Å²) >= 11 is 0. The lowest BCUT2D eigenvalue weighted by Crippen LogP contribution is -2.30. The van der Waals surface area contributed by atoms with Crippen LogP contribution in [0.2, 0.25) is 0 Å². The highest BCUT2D eigenvalue weighted by molar-refractivity contribution is 5.85. The van der Waals surface area contributed by atoms with E-state index >= 15 is 0 Å². The van der Waals surface area contributed by atoms with Crippen LogP contribution >= 0.6 is 0 Å². The maximum Gasteiger partial charge on any atom is 0.411 e. The normalized spacial score (nSPS) is 11.6. The number of carbonyl (C=O) groups is 1. The Morgan fingerprint density at radius 2 is 1.82 bits per heavy atom. The third-order valence-corrected chi connectivity index (χ3v) is 3.01. The first kappa shape index (κ1) is 16.3. The first-order chi connectivity index (χ1) is 10.4. The molecule has 0 saturated heterocycles. The quantitative estimate of drug-likeness (QED) is 0.833. The van der Waals surface area contributed by atoms with Crippen molar-refractivity contribution in [2.45, 2.75) is 12.6 Å². The van der Waals surface area contributed by atoms with Gasteiger partial charge in [-0.15, -0.1) is 0 Å². The number of hydrogen-bond donors (Lipinski definition) is 1. The van der Waals surface area contributed by atoms with E-state index in [4.69, 9.17) is 0 Å². The number of alkyl halides is 3. The Bertz CT molecular complexity index is 641. The summed E-state index contributed by atoms with van der Waals surface area (Å²) in [4.78, 5) is 11.7. The number of benzene rings is 2. The molecule has 0 aromatic heterocycles. The molecule has 3 nitrogen and oxygen atoms in total. The second-order valence-corrected chi connectivity index (χ2v) is 4.88. The van der Waals surface area contributed by atoms with Gasteiger partial charge in [0.2, 0.25) is 5.91 Å². The van der Waals surface area contributed by atoms with Crippen LogP contribution in [0.15, 0.2) is 42.5 Å². The molecule has 0 aliphatic heterocycles. The molecule has 0 saturated carbocycles. The minimum atomic E-state index is -4.34. The molecule has 6 heteroatoms. The van der Waals surface area contributed by atoms with E-state index in [1.807, 2.05) is 42.5 Å². The lowest BCUT2D eigenvalue weighted by Gasteiger charge is -2.09. The fraction of sp³-hybridized carbons (Fsp3) is 0.312. The molecular weight excluding hydrogens is 295 g/mol. The Labute approximate surface area is 126 Å². The van der Waals surface area contributed by atoms with Crippen molar-refractivity contribution in [3.63, 3.8) is 0 Å². The summed E-state index contributed by atoms with van der Waals surface area (Å²) < 4.78 is 39.9. The highest BCUT2D eigenvalue weighted by Crippen LogP contribution is 2.16. The van der Waals surface area contributed by atoms with Crippen LogP contribution in [-0.4, -0.2) is 31.8 Å². The predicted molar refractivity (Wildman–Crippen MR) is 77.5 cm³/mol. The van der Waals surface area contributed by atoms with E-state index in [1.165, 1.54) is 0 Å². The van der Waals surface area contributed by atoms with Crippen molar-refractivity contribution < 1.29 is 22.7 Å². The molecule has 0 radical (unpaired) electrons. The van der Waals surface area contributed by atoms with E-state index in [2.05, 4.69) is 10.1 Å². The fourth-order valence-electron chi connectivity index (χ4n) is 2.05. The number of halogens is 3. The highest BCUT2D eigenvalue weighted by atomic mass is 19.4.